The van der Waals surface area contributed by atoms with Crippen LogP contribution in [0, 0.1) is 5.82 Å². The third kappa shape index (κ3) is 7.97. The molecule has 4 rings (SSSR count). The van der Waals surface area contributed by atoms with E-state index >= 15 is 0 Å². The Hall–Kier alpha value is -4.27. The van der Waals surface area contributed by atoms with E-state index in [1.807, 2.05) is 79.1 Å². The summed E-state index contributed by atoms with van der Waals surface area (Å²) in [7, 11) is 0. The molecule has 8 heteroatoms. The van der Waals surface area contributed by atoms with Gasteiger partial charge in [-0.2, -0.15) is 0 Å². The van der Waals surface area contributed by atoms with Crippen molar-refractivity contribution in [1.29, 1.82) is 0 Å². The lowest BCUT2D eigenvalue weighted by Gasteiger charge is -2.20. The van der Waals surface area contributed by atoms with E-state index in [0.29, 0.717) is 23.4 Å². The van der Waals surface area contributed by atoms with Gasteiger partial charge in [-0.25, -0.2) is 4.39 Å². The van der Waals surface area contributed by atoms with Crippen molar-refractivity contribution in [2.24, 2.45) is 0 Å². The van der Waals surface area contributed by atoms with Crippen LogP contribution in [-0.4, -0.2) is 45.5 Å². The third-order valence-corrected chi connectivity index (χ3v) is 7.23. The van der Waals surface area contributed by atoms with Crippen LogP contribution in [0.1, 0.15) is 62.0 Å². The number of aliphatic hydroxyl groups is 2. The van der Waals surface area contributed by atoms with Crippen molar-refractivity contribution in [2.45, 2.75) is 64.7 Å². The normalized spacial score (nSPS) is 12.6. The Morgan fingerprint density at radius 2 is 1.51 bits per heavy atom. The molecule has 1 unspecified atom stereocenters. The zero-order chi connectivity index (χ0) is 30.9. The molecule has 0 aliphatic carbocycles. The fourth-order valence-electron chi connectivity index (χ4n) is 5.41. The van der Waals surface area contributed by atoms with Gasteiger partial charge < -0.3 is 24.8 Å². The Bertz CT molecular complexity index is 1500. The lowest BCUT2D eigenvalue weighted by atomic mass is 9.94. The van der Waals surface area contributed by atoms with Crippen molar-refractivity contribution in [3.05, 3.63) is 102 Å². The molecule has 7 nitrogen and oxygen atoms in total. The standard InChI is InChI=1S/C35H39FN2O5/c1-4-43-30(41)22-29(40)21-28(39)19-20-38-33(23(2)3)32(35(42)37-27-13-9-6-10-14-27)31(24-11-7-5-8-12-24)34(38)25-15-17-26(36)18-16-25/h5-18,23,28-29,39-40H,4,19-22H2,1-3H3,(H,37,42)/t28-,29?/m1/s1. The van der Waals surface area contributed by atoms with Crippen molar-refractivity contribution in [1.82, 2.24) is 4.57 Å². The van der Waals surface area contributed by atoms with Gasteiger partial charge in [0, 0.05) is 23.5 Å². The molecule has 1 amide bonds. The number of anilines is 1. The lowest BCUT2D eigenvalue weighted by Crippen LogP contribution is -2.23. The first-order valence-electron chi connectivity index (χ1n) is 14.6. The maximum atomic E-state index is 14.1. The van der Waals surface area contributed by atoms with Crippen LogP contribution >= 0.6 is 0 Å². The average molecular weight is 587 g/mol. The average Bonchev–Trinajstić information content (AvgIpc) is 3.33. The van der Waals surface area contributed by atoms with E-state index in [1.165, 1.54) is 12.1 Å². The molecule has 0 spiro atoms. The van der Waals surface area contributed by atoms with Gasteiger partial charge in [-0.3, -0.25) is 9.59 Å². The van der Waals surface area contributed by atoms with Gasteiger partial charge in [0.25, 0.3) is 5.91 Å². The van der Waals surface area contributed by atoms with Gasteiger partial charge in [0.2, 0.25) is 0 Å². The second-order valence-corrected chi connectivity index (χ2v) is 10.8. The smallest absolute Gasteiger partial charge is 0.308 e. The Morgan fingerprint density at radius 3 is 2.12 bits per heavy atom. The Balaban J connectivity index is 1.83. The topological polar surface area (TPSA) is 101 Å². The molecule has 1 aromatic heterocycles. The van der Waals surface area contributed by atoms with Gasteiger partial charge >= 0.3 is 5.97 Å². The number of nitrogens with one attached hydrogen (secondary N) is 1. The van der Waals surface area contributed by atoms with E-state index in [1.54, 1.807) is 19.1 Å². The van der Waals surface area contributed by atoms with Gasteiger partial charge in [0.05, 0.1) is 36.5 Å². The molecule has 0 aliphatic heterocycles. The molecule has 4 aromatic rings. The minimum absolute atomic E-state index is 0.00410. The molecule has 1 heterocycles. The number of para-hydroxylation sites is 1. The molecule has 3 aromatic carbocycles. The van der Waals surface area contributed by atoms with Gasteiger partial charge in [-0.15, -0.1) is 0 Å². The summed E-state index contributed by atoms with van der Waals surface area (Å²) < 4.78 is 21.0. The van der Waals surface area contributed by atoms with Gasteiger partial charge in [0.15, 0.2) is 0 Å². The number of aromatic nitrogens is 1. The first kappa shape index (κ1) is 31.7. The summed E-state index contributed by atoms with van der Waals surface area (Å²) in [6.07, 6.45) is -1.93. The van der Waals surface area contributed by atoms with Crippen LogP contribution in [-0.2, 0) is 16.1 Å². The number of aliphatic hydroxyl groups excluding tert-OH is 2. The van der Waals surface area contributed by atoms with Gasteiger partial charge in [-0.1, -0.05) is 62.4 Å². The number of carbonyl (C=O) groups excluding carboxylic acids is 2. The highest BCUT2D eigenvalue weighted by Crippen LogP contribution is 2.42. The van der Waals surface area contributed by atoms with Crippen LogP contribution in [0.5, 0.6) is 0 Å². The number of hydrogen-bond acceptors (Lipinski definition) is 5. The largest absolute Gasteiger partial charge is 0.466 e. The minimum Gasteiger partial charge on any atom is -0.466 e. The van der Waals surface area contributed by atoms with Crippen LogP contribution in [0.3, 0.4) is 0 Å². The predicted octanol–water partition coefficient (Wildman–Crippen LogP) is 6.79. The zero-order valence-corrected chi connectivity index (χ0v) is 24.8. The lowest BCUT2D eigenvalue weighted by molar-refractivity contribution is -0.145. The SMILES string of the molecule is CCOC(=O)CC(O)C[C@H](O)CCn1c(-c2ccc(F)cc2)c(-c2ccccc2)c(C(=O)Nc2ccccc2)c1C(C)C. The molecule has 0 aliphatic rings. The molecule has 0 radical (unpaired) electrons. The zero-order valence-electron chi connectivity index (χ0n) is 24.8. The Kier molecular flexibility index (Phi) is 10.9. The molecule has 43 heavy (non-hydrogen) atoms. The van der Waals surface area contributed by atoms with Gasteiger partial charge in [-0.05, 0) is 73.2 Å². The number of amides is 1. The number of carbonyl (C=O) groups is 2. The predicted molar refractivity (Wildman–Crippen MR) is 166 cm³/mol. The molecule has 2 atom stereocenters. The van der Waals surface area contributed by atoms with E-state index in [9.17, 15) is 24.2 Å². The van der Waals surface area contributed by atoms with Crippen molar-refractivity contribution in [2.75, 3.05) is 11.9 Å². The van der Waals surface area contributed by atoms with Crippen molar-refractivity contribution in [3.8, 4) is 22.4 Å². The molecule has 0 fully saturated rings. The quantitative estimate of drug-likeness (QED) is 0.150. The van der Waals surface area contributed by atoms with Crippen molar-refractivity contribution in [3.63, 3.8) is 0 Å². The van der Waals surface area contributed by atoms with E-state index in [-0.39, 0.29) is 43.5 Å². The highest BCUT2D eigenvalue weighted by Gasteiger charge is 2.31. The van der Waals surface area contributed by atoms with Crippen LogP contribution < -0.4 is 5.32 Å². The van der Waals surface area contributed by atoms with Crippen LogP contribution in [0.15, 0.2) is 84.9 Å². The Morgan fingerprint density at radius 1 is 0.884 bits per heavy atom. The van der Waals surface area contributed by atoms with Crippen molar-refractivity contribution < 1.29 is 28.9 Å². The van der Waals surface area contributed by atoms with E-state index in [4.69, 9.17) is 4.74 Å². The molecular weight excluding hydrogens is 547 g/mol. The number of benzene rings is 3. The number of ether oxygens (including phenoxy) is 1. The summed E-state index contributed by atoms with van der Waals surface area (Å²) in [6, 6.07) is 25.0. The molecule has 0 saturated carbocycles. The molecular formula is C35H39FN2O5. The Labute approximate surface area is 252 Å². The monoisotopic (exact) mass is 586 g/mol. The molecule has 0 saturated heterocycles. The highest BCUT2D eigenvalue weighted by atomic mass is 19.1. The number of rotatable bonds is 13. The summed E-state index contributed by atoms with van der Waals surface area (Å²) in [5.74, 6) is -1.27. The summed E-state index contributed by atoms with van der Waals surface area (Å²) in [6.45, 7) is 6.24. The van der Waals surface area contributed by atoms with E-state index in [2.05, 4.69) is 5.32 Å². The summed E-state index contributed by atoms with van der Waals surface area (Å²) in [5, 5.41) is 24.3. The first-order chi connectivity index (χ1) is 20.7. The third-order valence-electron chi connectivity index (χ3n) is 7.23. The maximum Gasteiger partial charge on any atom is 0.308 e. The summed E-state index contributed by atoms with van der Waals surface area (Å²) >= 11 is 0. The summed E-state index contributed by atoms with van der Waals surface area (Å²) in [5.41, 5.74) is 4.91. The second kappa shape index (κ2) is 14.8. The molecule has 3 N–H and O–H groups in total. The molecule has 0 bridgehead atoms. The number of hydrogen-bond donors (Lipinski definition) is 3. The fourth-order valence-corrected chi connectivity index (χ4v) is 5.41. The van der Waals surface area contributed by atoms with Crippen LogP contribution in [0.4, 0.5) is 10.1 Å². The van der Waals surface area contributed by atoms with E-state index in [0.717, 1.165) is 22.5 Å². The number of halogens is 1. The van der Waals surface area contributed by atoms with Crippen molar-refractivity contribution >= 4 is 17.6 Å². The second-order valence-electron chi connectivity index (χ2n) is 10.8. The van der Waals surface area contributed by atoms with Crippen LogP contribution in [0.2, 0.25) is 0 Å². The molecule has 226 valence electrons. The summed E-state index contributed by atoms with van der Waals surface area (Å²) in [4.78, 5) is 25.9. The van der Waals surface area contributed by atoms with Gasteiger partial charge in [0.1, 0.15) is 5.82 Å². The number of esters is 1. The van der Waals surface area contributed by atoms with E-state index < -0.39 is 18.2 Å². The maximum absolute atomic E-state index is 14.1. The first-order valence-corrected chi connectivity index (χ1v) is 14.6. The fraction of sp³-hybridized carbons (Fsp3) is 0.314. The van der Waals surface area contributed by atoms with Crippen LogP contribution in [0.25, 0.3) is 22.4 Å². The minimum atomic E-state index is -1.05. The highest BCUT2D eigenvalue weighted by molar-refractivity contribution is 6.12. The number of nitrogens with zero attached hydrogens (tertiary/aromatic N) is 1.